The average molecular weight is 429 g/mol. The maximum Gasteiger partial charge on any atom is 0.266 e. The molecule has 2 heterocycles. The van der Waals surface area contributed by atoms with Gasteiger partial charge in [0, 0.05) is 18.0 Å². The van der Waals surface area contributed by atoms with Crippen LogP contribution in [0.25, 0.3) is 16.6 Å². The summed E-state index contributed by atoms with van der Waals surface area (Å²) in [7, 11) is 1.54. The second-order valence-electron chi connectivity index (χ2n) is 6.33. The van der Waals surface area contributed by atoms with Gasteiger partial charge < -0.3 is 9.15 Å². The van der Waals surface area contributed by atoms with Gasteiger partial charge in [0.1, 0.15) is 5.75 Å². The van der Waals surface area contributed by atoms with Crippen LogP contribution in [0.15, 0.2) is 50.8 Å². The predicted molar refractivity (Wildman–Crippen MR) is 112 cm³/mol. The highest BCUT2D eigenvalue weighted by molar-refractivity contribution is 7.98. The van der Waals surface area contributed by atoms with Gasteiger partial charge in [-0.05, 0) is 30.7 Å². The van der Waals surface area contributed by atoms with Crippen LogP contribution in [0.4, 0.5) is 0 Å². The summed E-state index contributed by atoms with van der Waals surface area (Å²) >= 11 is 7.59. The maximum atomic E-state index is 13.4. The number of para-hydroxylation sites is 1. The summed E-state index contributed by atoms with van der Waals surface area (Å²) in [6, 6.07) is 10.7. The molecule has 0 spiro atoms. The summed E-state index contributed by atoms with van der Waals surface area (Å²) in [5, 5.41) is 9.42. The minimum atomic E-state index is -0.195. The first-order chi connectivity index (χ1) is 14.0. The topological polar surface area (TPSA) is 83.0 Å². The molecule has 0 fully saturated rings. The molecule has 0 saturated carbocycles. The zero-order chi connectivity index (χ0) is 20.5. The summed E-state index contributed by atoms with van der Waals surface area (Å²) in [6.45, 7) is 3.60. The lowest BCUT2D eigenvalue weighted by atomic mass is 10.2. The van der Waals surface area contributed by atoms with Crippen molar-refractivity contribution >= 4 is 34.3 Å². The molecule has 0 aliphatic heterocycles. The van der Waals surface area contributed by atoms with Gasteiger partial charge in [0.05, 0.1) is 29.5 Å². The first-order valence-corrected chi connectivity index (χ1v) is 10.1. The number of hydrogen-bond acceptors (Lipinski definition) is 7. The van der Waals surface area contributed by atoms with Gasteiger partial charge in [-0.3, -0.25) is 9.36 Å². The van der Waals surface area contributed by atoms with E-state index in [1.807, 2.05) is 31.2 Å². The zero-order valence-corrected chi connectivity index (χ0v) is 17.5. The van der Waals surface area contributed by atoms with Gasteiger partial charge in [-0.2, -0.15) is 0 Å². The van der Waals surface area contributed by atoms with E-state index in [1.54, 1.807) is 23.6 Å². The molecule has 0 aliphatic rings. The normalized spacial score (nSPS) is 11.2. The molecule has 0 bridgehead atoms. The van der Waals surface area contributed by atoms with E-state index in [0.717, 1.165) is 5.56 Å². The molecule has 2 aromatic carbocycles. The highest BCUT2D eigenvalue weighted by atomic mass is 35.5. The molecule has 0 radical (unpaired) electrons. The molecule has 0 amide bonds. The standard InChI is InChI=1S/C20H17ClN4O3S/c1-11-8-16(17(27-3)9-14(11)21)25-19(26)13-6-4-5-7-15(13)22-20(25)29-10-18-24-23-12(2)28-18/h4-9H,10H2,1-3H3. The molecule has 0 aliphatic carbocycles. The first kappa shape index (κ1) is 19.5. The van der Waals surface area contributed by atoms with Crippen molar-refractivity contribution in [2.24, 2.45) is 0 Å². The van der Waals surface area contributed by atoms with Gasteiger partial charge in [-0.1, -0.05) is 35.5 Å². The molecular formula is C20H17ClN4O3S. The molecular weight excluding hydrogens is 412 g/mol. The Kier molecular flexibility index (Phi) is 5.29. The number of hydrogen-bond donors (Lipinski definition) is 0. The van der Waals surface area contributed by atoms with E-state index in [2.05, 4.69) is 10.2 Å². The van der Waals surface area contributed by atoms with Crippen LogP contribution in [0.5, 0.6) is 5.75 Å². The number of nitrogens with zero attached hydrogens (tertiary/aromatic N) is 4. The molecule has 0 saturated heterocycles. The second kappa shape index (κ2) is 7.88. The van der Waals surface area contributed by atoms with Gasteiger partial charge in [0.2, 0.25) is 11.8 Å². The van der Waals surface area contributed by atoms with Gasteiger partial charge in [0.25, 0.3) is 5.56 Å². The number of thioether (sulfide) groups is 1. The molecule has 0 N–H and O–H groups in total. The average Bonchev–Trinajstić information content (AvgIpc) is 3.13. The monoisotopic (exact) mass is 428 g/mol. The van der Waals surface area contributed by atoms with E-state index in [9.17, 15) is 4.79 Å². The minimum Gasteiger partial charge on any atom is -0.495 e. The Labute approximate surface area is 175 Å². The number of fused-ring (bicyclic) bond motifs is 1. The molecule has 29 heavy (non-hydrogen) atoms. The fraction of sp³-hybridized carbons (Fsp3) is 0.200. The molecule has 7 nitrogen and oxygen atoms in total. The molecule has 2 aromatic heterocycles. The molecule has 4 rings (SSSR count). The third kappa shape index (κ3) is 3.73. The Morgan fingerprint density at radius 1 is 1.21 bits per heavy atom. The third-order valence-corrected chi connectivity index (χ3v) is 5.67. The van der Waals surface area contributed by atoms with Crippen molar-refractivity contribution in [1.82, 2.24) is 19.7 Å². The largest absolute Gasteiger partial charge is 0.495 e. The summed E-state index contributed by atoms with van der Waals surface area (Å²) in [6.07, 6.45) is 0. The molecule has 0 atom stereocenters. The number of halogens is 1. The lowest BCUT2D eigenvalue weighted by Gasteiger charge is -2.16. The summed E-state index contributed by atoms with van der Waals surface area (Å²) < 4.78 is 12.5. The zero-order valence-electron chi connectivity index (χ0n) is 16.0. The number of rotatable bonds is 5. The van der Waals surface area contributed by atoms with E-state index in [0.29, 0.717) is 50.1 Å². The second-order valence-corrected chi connectivity index (χ2v) is 7.68. The number of aromatic nitrogens is 4. The van der Waals surface area contributed by atoms with Crippen molar-refractivity contribution < 1.29 is 9.15 Å². The Morgan fingerprint density at radius 3 is 2.72 bits per heavy atom. The van der Waals surface area contributed by atoms with Crippen LogP contribution >= 0.6 is 23.4 Å². The molecule has 9 heteroatoms. The van der Waals surface area contributed by atoms with Crippen LogP contribution in [0, 0.1) is 13.8 Å². The Bertz CT molecular complexity index is 1270. The predicted octanol–water partition coefficient (Wildman–Crippen LogP) is 4.34. The number of aryl methyl sites for hydroxylation is 2. The Morgan fingerprint density at radius 2 is 2.00 bits per heavy atom. The Hall–Kier alpha value is -2.84. The highest BCUT2D eigenvalue weighted by Gasteiger charge is 2.18. The SMILES string of the molecule is COc1cc(Cl)c(C)cc1-n1c(SCc2nnc(C)o2)nc2ccccc2c1=O. The van der Waals surface area contributed by atoms with Crippen LogP contribution in [-0.4, -0.2) is 26.9 Å². The number of ether oxygens (including phenoxy) is 1. The van der Waals surface area contributed by atoms with E-state index in [1.165, 1.54) is 18.9 Å². The lowest BCUT2D eigenvalue weighted by Crippen LogP contribution is -2.22. The smallest absolute Gasteiger partial charge is 0.266 e. The van der Waals surface area contributed by atoms with E-state index in [-0.39, 0.29) is 5.56 Å². The van der Waals surface area contributed by atoms with E-state index in [4.69, 9.17) is 25.7 Å². The number of benzene rings is 2. The van der Waals surface area contributed by atoms with Crippen molar-refractivity contribution in [1.29, 1.82) is 0 Å². The van der Waals surface area contributed by atoms with Crippen LogP contribution in [0.3, 0.4) is 0 Å². The number of methoxy groups -OCH3 is 1. The van der Waals surface area contributed by atoms with E-state index >= 15 is 0 Å². The fourth-order valence-electron chi connectivity index (χ4n) is 2.93. The third-order valence-electron chi connectivity index (χ3n) is 4.34. The van der Waals surface area contributed by atoms with Gasteiger partial charge in [-0.15, -0.1) is 10.2 Å². The summed E-state index contributed by atoms with van der Waals surface area (Å²) in [4.78, 5) is 18.1. The molecule has 148 valence electrons. The maximum absolute atomic E-state index is 13.4. The van der Waals surface area contributed by atoms with Gasteiger partial charge in [-0.25, -0.2) is 4.98 Å². The van der Waals surface area contributed by atoms with Gasteiger partial charge >= 0.3 is 0 Å². The minimum absolute atomic E-state index is 0.195. The summed E-state index contributed by atoms with van der Waals surface area (Å²) in [5.41, 5.74) is 1.82. The van der Waals surface area contributed by atoms with Gasteiger partial charge in [0.15, 0.2) is 5.16 Å². The van der Waals surface area contributed by atoms with Crippen molar-refractivity contribution in [3.63, 3.8) is 0 Å². The lowest BCUT2D eigenvalue weighted by molar-refractivity contribution is 0.411. The molecule has 0 unspecified atom stereocenters. The first-order valence-electron chi connectivity index (χ1n) is 8.76. The van der Waals surface area contributed by atoms with Crippen LogP contribution in [0.2, 0.25) is 5.02 Å². The van der Waals surface area contributed by atoms with Crippen LogP contribution < -0.4 is 10.3 Å². The van der Waals surface area contributed by atoms with E-state index < -0.39 is 0 Å². The molecule has 4 aromatic rings. The van der Waals surface area contributed by atoms with Crippen molar-refractivity contribution in [2.45, 2.75) is 24.8 Å². The summed E-state index contributed by atoms with van der Waals surface area (Å²) in [5.74, 6) is 1.80. The van der Waals surface area contributed by atoms with Crippen LogP contribution in [0.1, 0.15) is 17.3 Å². The quantitative estimate of drug-likeness (QED) is 0.345. The van der Waals surface area contributed by atoms with Crippen molar-refractivity contribution in [3.05, 3.63) is 69.1 Å². The van der Waals surface area contributed by atoms with Crippen LogP contribution in [-0.2, 0) is 5.75 Å². The fourth-order valence-corrected chi connectivity index (χ4v) is 3.93. The Balaban J connectivity index is 1.92. The highest BCUT2D eigenvalue weighted by Crippen LogP contribution is 2.32. The van der Waals surface area contributed by atoms with Crippen molar-refractivity contribution in [3.8, 4) is 11.4 Å². The van der Waals surface area contributed by atoms with Crippen molar-refractivity contribution in [2.75, 3.05) is 7.11 Å².